The van der Waals surface area contributed by atoms with Crippen molar-refractivity contribution in [1.82, 2.24) is 10.2 Å². The highest BCUT2D eigenvalue weighted by Crippen LogP contribution is 2.43. The summed E-state index contributed by atoms with van der Waals surface area (Å²) in [5.74, 6) is -0.295. The van der Waals surface area contributed by atoms with Gasteiger partial charge in [0.1, 0.15) is 6.04 Å². The predicted octanol–water partition coefficient (Wildman–Crippen LogP) is 3.12. The maximum Gasteiger partial charge on any atom is 0.320 e. The normalized spacial score (nSPS) is 30.0. The molecule has 1 rings (SSSR count). The van der Waals surface area contributed by atoms with Gasteiger partial charge in [0.05, 0.1) is 0 Å². The number of aliphatic carboxylic acids is 1. The van der Waals surface area contributed by atoms with Gasteiger partial charge in [0, 0.05) is 17.1 Å². The van der Waals surface area contributed by atoms with Crippen molar-refractivity contribution < 1.29 is 9.90 Å². The van der Waals surface area contributed by atoms with Crippen molar-refractivity contribution in [2.75, 3.05) is 7.05 Å². The molecule has 0 spiro atoms. The maximum atomic E-state index is 11.2. The van der Waals surface area contributed by atoms with Crippen LogP contribution in [0.1, 0.15) is 67.2 Å². The molecule has 1 fully saturated rings. The van der Waals surface area contributed by atoms with Crippen molar-refractivity contribution in [3.05, 3.63) is 0 Å². The highest BCUT2D eigenvalue weighted by molar-refractivity contribution is 5.72. The van der Waals surface area contributed by atoms with Crippen LogP contribution in [0.5, 0.6) is 0 Å². The van der Waals surface area contributed by atoms with E-state index in [1.165, 1.54) is 12.8 Å². The predicted molar refractivity (Wildman–Crippen MR) is 87.6 cm³/mol. The monoisotopic (exact) mass is 298 g/mol. The van der Waals surface area contributed by atoms with E-state index in [1.54, 1.807) is 6.92 Å². The van der Waals surface area contributed by atoms with Gasteiger partial charge in [-0.2, -0.15) is 0 Å². The van der Waals surface area contributed by atoms with Gasteiger partial charge in [-0.15, -0.1) is 0 Å². The molecule has 0 aromatic carbocycles. The lowest BCUT2D eigenvalue weighted by molar-refractivity contribution is -0.140. The number of carbonyl (C=O) groups is 1. The minimum Gasteiger partial charge on any atom is -0.480 e. The number of nitrogens with one attached hydrogen (secondary N) is 1. The van der Waals surface area contributed by atoms with Crippen LogP contribution in [-0.4, -0.2) is 46.2 Å². The molecule has 0 aromatic heterocycles. The number of piperidine rings is 1. The van der Waals surface area contributed by atoms with E-state index >= 15 is 0 Å². The molecular formula is C17H34N2O2. The summed E-state index contributed by atoms with van der Waals surface area (Å²) in [7, 11) is 2.20. The van der Waals surface area contributed by atoms with Crippen molar-refractivity contribution in [3.63, 3.8) is 0 Å². The molecule has 0 aromatic rings. The largest absolute Gasteiger partial charge is 0.480 e. The molecule has 21 heavy (non-hydrogen) atoms. The van der Waals surface area contributed by atoms with Crippen LogP contribution in [0, 0.1) is 5.92 Å². The summed E-state index contributed by atoms with van der Waals surface area (Å²) < 4.78 is 0. The van der Waals surface area contributed by atoms with Crippen LogP contribution in [0.15, 0.2) is 0 Å². The maximum absolute atomic E-state index is 11.2. The Morgan fingerprint density at radius 3 is 2.43 bits per heavy atom. The van der Waals surface area contributed by atoms with Gasteiger partial charge in [0.15, 0.2) is 0 Å². The fraction of sp³-hybridized carbons (Fsp3) is 0.941. The number of likely N-dealkylation sites (tertiary alicyclic amines) is 1. The van der Waals surface area contributed by atoms with E-state index in [0.717, 1.165) is 12.8 Å². The molecule has 0 bridgehead atoms. The standard InChI is InChI=1S/C17H34N2O2/c1-8-9-10-13-14(18-12(2)15(20)21)11-16(3,4)19(7)17(13,5)6/h12-14,18H,8-11H2,1-7H3,(H,20,21). The van der Waals surface area contributed by atoms with Gasteiger partial charge in [-0.05, 0) is 60.4 Å². The minimum absolute atomic E-state index is 0.0623. The van der Waals surface area contributed by atoms with E-state index in [9.17, 15) is 9.90 Å². The molecule has 3 unspecified atom stereocenters. The molecule has 0 radical (unpaired) electrons. The lowest BCUT2D eigenvalue weighted by Crippen LogP contribution is -2.68. The highest BCUT2D eigenvalue weighted by Gasteiger charge is 2.49. The Morgan fingerprint density at radius 1 is 1.38 bits per heavy atom. The van der Waals surface area contributed by atoms with Gasteiger partial charge in [0.25, 0.3) is 0 Å². The zero-order chi connectivity index (χ0) is 16.4. The second-order valence-electron chi connectivity index (χ2n) is 7.81. The van der Waals surface area contributed by atoms with Gasteiger partial charge in [-0.25, -0.2) is 0 Å². The van der Waals surface area contributed by atoms with Crippen molar-refractivity contribution in [2.24, 2.45) is 5.92 Å². The first kappa shape index (κ1) is 18.4. The number of carboxylic acids is 1. The molecule has 1 aliphatic heterocycles. The third kappa shape index (κ3) is 3.98. The van der Waals surface area contributed by atoms with E-state index in [0.29, 0.717) is 5.92 Å². The molecule has 3 atom stereocenters. The summed E-state index contributed by atoms with van der Waals surface area (Å²) >= 11 is 0. The molecule has 4 heteroatoms. The number of unbranched alkanes of at least 4 members (excludes halogenated alkanes) is 1. The van der Waals surface area contributed by atoms with Gasteiger partial charge in [0.2, 0.25) is 0 Å². The molecule has 4 nitrogen and oxygen atoms in total. The van der Waals surface area contributed by atoms with E-state index < -0.39 is 12.0 Å². The summed E-state index contributed by atoms with van der Waals surface area (Å²) in [6.07, 6.45) is 4.51. The van der Waals surface area contributed by atoms with E-state index in [1.807, 2.05) is 0 Å². The first-order valence-corrected chi connectivity index (χ1v) is 8.26. The molecule has 0 aliphatic carbocycles. The number of nitrogens with zero attached hydrogens (tertiary/aromatic N) is 1. The van der Waals surface area contributed by atoms with E-state index in [2.05, 4.69) is 51.9 Å². The number of hydrogen-bond donors (Lipinski definition) is 2. The molecule has 1 saturated heterocycles. The summed E-state index contributed by atoms with van der Waals surface area (Å²) in [6.45, 7) is 13.1. The Kier molecular flexibility index (Phi) is 5.84. The third-order valence-corrected chi connectivity index (χ3v) is 5.59. The van der Waals surface area contributed by atoms with E-state index in [-0.39, 0.29) is 17.1 Å². The van der Waals surface area contributed by atoms with Crippen molar-refractivity contribution >= 4 is 5.97 Å². The topological polar surface area (TPSA) is 52.6 Å². The van der Waals surface area contributed by atoms with Crippen LogP contribution in [0.3, 0.4) is 0 Å². The Hall–Kier alpha value is -0.610. The molecule has 1 heterocycles. The SMILES string of the molecule is CCCCC1C(NC(C)C(=O)O)CC(C)(C)N(C)C1(C)C. The third-order valence-electron chi connectivity index (χ3n) is 5.59. The van der Waals surface area contributed by atoms with Gasteiger partial charge >= 0.3 is 5.97 Å². The lowest BCUT2D eigenvalue weighted by Gasteiger charge is -2.58. The van der Waals surface area contributed by atoms with Crippen molar-refractivity contribution in [3.8, 4) is 0 Å². The average Bonchev–Trinajstić information content (AvgIpc) is 2.35. The van der Waals surface area contributed by atoms with Crippen LogP contribution in [0.25, 0.3) is 0 Å². The smallest absolute Gasteiger partial charge is 0.320 e. The van der Waals surface area contributed by atoms with Gasteiger partial charge in [-0.3, -0.25) is 9.69 Å². The Bertz CT molecular complexity index is 366. The molecular weight excluding hydrogens is 264 g/mol. The summed E-state index contributed by atoms with van der Waals surface area (Å²) in [6, 6.07) is -0.238. The molecule has 0 amide bonds. The Labute approximate surface area is 130 Å². The zero-order valence-electron chi connectivity index (χ0n) is 14.9. The number of hydrogen-bond acceptors (Lipinski definition) is 3. The van der Waals surface area contributed by atoms with Crippen molar-refractivity contribution in [1.29, 1.82) is 0 Å². The average molecular weight is 298 g/mol. The molecule has 1 aliphatic rings. The summed E-state index contributed by atoms with van der Waals surface area (Å²) in [5.41, 5.74) is 0.134. The molecule has 124 valence electrons. The number of carboxylic acid groups (broad SMARTS) is 1. The van der Waals surface area contributed by atoms with Crippen LogP contribution in [-0.2, 0) is 4.79 Å². The minimum atomic E-state index is -0.765. The van der Waals surface area contributed by atoms with Gasteiger partial charge in [-0.1, -0.05) is 19.8 Å². The second-order valence-corrected chi connectivity index (χ2v) is 7.81. The Morgan fingerprint density at radius 2 is 1.95 bits per heavy atom. The molecule has 0 saturated carbocycles. The first-order chi connectivity index (χ1) is 9.54. The fourth-order valence-electron chi connectivity index (χ4n) is 3.88. The molecule has 2 N–H and O–H groups in total. The lowest BCUT2D eigenvalue weighted by atomic mass is 9.68. The van der Waals surface area contributed by atoms with Crippen molar-refractivity contribution in [2.45, 2.75) is 90.4 Å². The zero-order valence-corrected chi connectivity index (χ0v) is 14.9. The first-order valence-electron chi connectivity index (χ1n) is 8.26. The summed E-state index contributed by atoms with van der Waals surface area (Å²) in [4.78, 5) is 13.7. The van der Waals surface area contributed by atoms with Crippen LogP contribution >= 0.6 is 0 Å². The second kappa shape index (κ2) is 6.66. The van der Waals surface area contributed by atoms with Crippen LogP contribution < -0.4 is 5.32 Å². The highest BCUT2D eigenvalue weighted by atomic mass is 16.4. The quantitative estimate of drug-likeness (QED) is 0.791. The Balaban J connectivity index is 3.01. The van der Waals surface area contributed by atoms with E-state index in [4.69, 9.17) is 0 Å². The van der Waals surface area contributed by atoms with Gasteiger partial charge < -0.3 is 10.4 Å². The summed E-state index contributed by atoms with van der Waals surface area (Å²) in [5, 5.41) is 12.6. The van der Waals surface area contributed by atoms with Crippen LogP contribution in [0.2, 0.25) is 0 Å². The fourth-order valence-corrected chi connectivity index (χ4v) is 3.88. The van der Waals surface area contributed by atoms with Crippen LogP contribution in [0.4, 0.5) is 0 Å². The number of rotatable bonds is 6.